The zero-order valence-corrected chi connectivity index (χ0v) is 12.3. The molecule has 0 aliphatic carbocycles. The van der Waals surface area contributed by atoms with Crippen LogP contribution in [0, 0.1) is 0 Å². The molecule has 0 saturated carbocycles. The highest BCUT2D eigenvalue weighted by Gasteiger charge is 2.11. The molecule has 1 heterocycles. The number of nitrogens with zero attached hydrogens (tertiary/aromatic N) is 2. The van der Waals surface area contributed by atoms with Crippen LogP contribution in [0.25, 0.3) is 0 Å². The molecule has 18 heavy (non-hydrogen) atoms. The molecule has 0 fully saturated rings. The molecule has 0 aliphatic heterocycles. The van der Waals surface area contributed by atoms with Gasteiger partial charge in [0, 0.05) is 9.50 Å². The topological polar surface area (TPSA) is 47.0 Å². The van der Waals surface area contributed by atoms with Gasteiger partial charge in [-0.15, -0.1) is 0 Å². The van der Waals surface area contributed by atoms with Crippen molar-refractivity contribution in [2.45, 2.75) is 0 Å². The summed E-state index contributed by atoms with van der Waals surface area (Å²) >= 11 is 15.3. The summed E-state index contributed by atoms with van der Waals surface area (Å²) in [5.74, 6) is 0.853. The third-order valence-electron chi connectivity index (χ3n) is 2.15. The van der Waals surface area contributed by atoms with Crippen molar-refractivity contribution in [3.8, 4) is 5.75 Å². The standard InChI is InChI=1S/C11H8BrCl2N3O/c1-18-9-10(14)15-5-16-11(9)17-8-4-6(13)2-3-7(8)12/h2-5H,1H3,(H,15,16,17). The van der Waals surface area contributed by atoms with Crippen molar-refractivity contribution in [3.63, 3.8) is 0 Å². The van der Waals surface area contributed by atoms with Crippen LogP contribution in [0.15, 0.2) is 29.0 Å². The Morgan fingerprint density at radius 1 is 1.28 bits per heavy atom. The van der Waals surface area contributed by atoms with Crippen LogP contribution in [0.2, 0.25) is 10.2 Å². The second kappa shape index (κ2) is 5.73. The molecule has 4 nitrogen and oxygen atoms in total. The van der Waals surface area contributed by atoms with E-state index in [1.165, 1.54) is 13.4 Å². The molecular weight excluding hydrogens is 341 g/mol. The van der Waals surface area contributed by atoms with Gasteiger partial charge >= 0.3 is 0 Å². The Hall–Kier alpha value is -1.04. The Morgan fingerprint density at radius 3 is 2.78 bits per heavy atom. The lowest BCUT2D eigenvalue weighted by Crippen LogP contribution is -1.99. The van der Waals surface area contributed by atoms with Crippen molar-refractivity contribution in [1.82, 2.24) is 9.97 Å². The molecular formula is C11H8BrCl2N3O. The fraction of sp³-hybridized carbons (Fsp3) is 0.0909. The highest BCUT2D eigenvalue weighted by Crippen LogP contribution is 2.34. The monoisotopic (exact) mass is 347 g/mol. The van der Waals surface area contributed by atoms with Gasteiger partial charge in [0.2, 0.25) is 0 Å². The first kappa shape index (κ1) is 13.4. The van der Waals surface area contributed by atoms with E-state index in [1.807, 2.05) is 6.07 Å². The molecule has 0 aliphatic rings. The molecule has 94 valence electrons. The molecule has 1 aromatic carbocycles. The second-order valence-electron chi connectivity index (χ2n) is 3.30. The maximum atomic E-state index is 5.94. The molecule has 0 spiro atoms. The summed E-state index contributed by atoms with van der Waals surface area (Å²) < 4.78 is 6.00. The predicted molar refractivity (Wildman–Crippen MR) is 76.0 cm³/mol. The largest absolute Gasteiger partial charge is 0.490 e. The molecule has 0 amide bonds. The summed E-state index contributed by atoms with van der Waals surface area (Å²) in [5.41, 5.74) is 0.760. The molecule has 0 radical (unpaired) electrons. The number of hydrogen-bond acceptors (Lipinski definition) is 4. The van der Waals surface area contributed by atoms with Crippen molar-refractivity contribution in [2.75, 3.05) is 12.4 Å². The molecule has 1 aromatic heterocycles. The molecule has 0 unspecified atom stereocenters. The number of methoxy groups -OCH3 is 1. The van der Waals surface area contributed by atoms with Gasteiger partial charge in [-0.3, -0.25) is 0 Å². The summed E-state index contributed by atoms with van der Waals surface area (Å²) in [6, 6.07) is 5.38. The lowest BCUT2D eigenvalue weighted by Gasteiger charge is -2.11. The molecule has 2 rings (SSSR count). The van der Waals surface area contributed by atoms with Gasteiger partial charge < -0.3 is 10.1 Å². The maximum Gasteiger partial charge on any atom is 0.199 e. The number of hydrogen-bond donors (Lipinski definition) is 1. The van der Waals surface area contributed by atoms with Gasteiger partial charge in [0.1, 0.15) is 6.33 Å². The van der Waals surface area contributed by atoms with E-state index < -0.39 is 0 Å². The van der Waals surface area contributed by atoms with Crippen LogP contribution in [0.3, 0.4) is 0 Å². The number of rotatable bonds is 3. The van der Waals surface area contributed by atoms with E-state index in [4.69, 9.17) is 27.9 Å². The van der Waals surface area contributed by atoms with E-state index in [2.05, 4.69) is 31.2 Å². The minimum Gasteiger partial charge on any atom is -0.490 e. The molecule has 0 atom stereocenters. The number of anilines is 2. The Morgan fingerprint density at radius 2 is 2.06 bits per heavy atom. The zero-order valence-electron chi connectivity index (χ0n) is 9.25. The van der Waals surface area contributed by atoms with Crippen LogP contribution in [-0.2, 0) is 0 Å². The van der Waals surface area contributed by atoms with Gasteiger partial charge in [0.15, 0.2) is 16.7 Å². The fourth-order valence-corrected chi connectivity index (χ4v) is 2.07. The number of halogens is 3. The van der Waals surface area contributed by atoms with Crippen molar-refractivity contribution < 1.29 is 4.74 Å². The van der Waals surface area contributed by atoms with Crippen LogP contribution < -0.4 is 10.1 Å². The van der Waals surface area contributed by atoms with Gasteiger partial charge in [-0.25, -0.2) is 9.97 Å². The zero-order chi connectivity index (χ0) is 13.1. The highest BCUT2D eigenvalue weighted by atomic mass is 79.9. The maximum absolute atomic E-state index is 5.94. The van der Waals surface area contributed by atoms with Crippen LogP contribution in [0.1, 0.15) is 0 Å². The van der Waals surface area contributed by atoms with Gasteiger partial charge in [-0.1, -0.05) is 23.2 Å². The third-order valence-corrected chi connectivity index (χ3v) is 3.34. The summed E-state index contributed by atoms with van der Waals surface area (Å²) in [7, 11) is 1.50. The van der Waals surface area contributed by atoms with E-state index in [1.54, 1.807) is 12.1 Å². The van der Waals surface area contributed by atoms with Gasteiger partial charge in [-0.05, 0) is 34.1 Å². The van der Waals surface area contributed by atoms with E-state index in [9.17, 15) is 0 Å². The normalized spacial score (nSPS) is 10.2. The SMILES string of the molecule is COc1c(Cl)ncnc1Nc1cc(Cl)ccc1Br. The molecule has 0 bridgehead atoms. The van der Waals surface area contributed by atoms with Crippen LogP contribution >= 0.6 is 39.1 Å². The molecule has 7 heteroatoms. The van der Waals surface area contributed by atoms with Crippen molar-refractivity contribution in [3.05, 3.63) is 39.2 Å². The van der Waals surface area contributed by atoms with Crippen LogP contribution in [0.4, 0.5) is 11.5 Å². The lowest BCUT2D eigenvalue weighted by atomic mass is 10.3. The summed E-state index contributed by atoms with van der Waals surface area (Å²) in [4.78, 5) is 7.92. The first-order valence-electron chi connectivity index (χ1n) is 4.88. The third kappa shape index (κ3) is 2.85. The summed E-state index contributed by atoms with van der Waals surface area (Å²) in [6.07, 6.45) is 1.35. The Bertz CT molecular complexity index is 580. The minimum atomic E-state index is 0.244. The average molecular weight is 349 g/mol. The number of benzene rings is 1. The van der Waals surface area contributed by atoms with Gasteiger partial charge in [-0.2, -0.15) is 0 Å². The summed E-state index contributed by atoms with van der Waals surface area (Å²) in [5, 5.41) is 3.94. The highest BCUT2D eigenvalue weighted by molar-refractivity contribution is 9.10. The molecule has 1 N–H and O–H groups in total. The van der Waals surface area contributed by atoms with Crippen molar-refractivity contribution in [2.24, 2.45) is 0 Å². The van der Waals surface area contributed by atoms with Gasteiger partial charge in [0.05, 0.1) is 12.8 Å². The Kier molecular flexibility index (Phi) is 4.27. The van der Waals surface area contributed by atoms with Crippen molar-refractivity contribution >= 4 is 50.6 Å². The van der Waals surface area contributed by atoms with E-state index in [0.29, 0.717) is 16.6 Å². The second-order valence-corrected chi connectivity index (χ2v) is 4.94. The van der Waals surface area contributed by atoms with E-state index in [0.717, 1.165) is 10.2 Å². The number of ether oxygens (including phenoxy) is 1. The predicted octanol–water partition coefficient (Wildman–Crippen LogP) is 4.30. The quantitative estimate of drug-likeness (QED) is 0.840. The Labute approximate surface area is 122 Å². The van der Waals surface area contributed by atoms with Gasteiger partial charge in [0.25, 0.3) is 0 Å². The van der Waals surface area contributed by atoms with Crippen molar-refractivity contribution in [1.29, 1.82) is 0 Å². The first-order chi connectivity index (χ1) is 8.61. The number of aromatic nitrogens is 2. The summed E-state index contributed by atoms with van der Waals surface area (Å²) in [6.45, 7) is 0. The number of nitrogens with one attached hydrogen (secondary N) is 1. The minimum absolute atomic E-state index is 0.244. The Balaban J connectivity index is 2.40. The fourth-order valence-electron chi connectivity index (χ4n) is 1.34. The van der Waals surface area contributed by atoms with Crippen LogP contribution in [-0.4, -0.2) is 17.1 Å². The van der Waals surface area contributed by atoms with E-state index in [-0.39, 0.29) is 5.15 Å². The first-order valence-corrected chi connectivity index (χ1v) is 6.43. The van der Waals surface area contributed by atoms with E-state index >= 15 is 0 Å². The van der Waals surface area contributed by atoms with Crippen LogP contribution in [0.5, 0.6) is 5.75 Å². The smallest absolute Gasteiger partial charge is 0.199 e. The molecule has 0 saturated heterocycles. The lowest BCUT2D eigenvalue weighted by molar-refractivity contribution is 0.413. The average Bonchev–Trinajstić information content (AvgIpc) is 2.34. The molecule has 2 aromatic rings.